The zero-order valence-corrected chi connectivity index (χ0v) is 18.2. The molecule has 2 N–H and O–H groups in total. The van der Waals surface area contributed by atoms with Crippen LogP contribution in [0.5, 0.6) is 5.75 Å². The molecule has 0 radical (unpaired) electrons. The van der Waals surface area contributed by atoms with E-state index in [1.165, 1.54) is 0 Å². The molecule has 2 aromatic rings. The number of rotatable bonds is 8. The van der Waals surface area contributed by atoms with Gasteiger partial charge in [0.25, 0.3) is 5.91 Å². The number of furan rings is 1. The fourth-order valence-corrected chi connectivity index (χ4v) is 4.13. The first-order chi connectivity index (χ1) is 15.5. The number of carbonyl (C=O) groups is 3. The largest absolute Gasteiger partial charge is 0.497 e. The summed E-state index contributed by atoms with van der Waals surface area (Å²) in [5.74, 6) is 0.964. The van der Waals surface area contributed by atoms with Crippen LogP contribution in [0.15, 0.2) is 47.1 Å². The lowest BCUT2D eigenvalue weighted by atomic mass is 9.88. The fourth-order valence-electron chi connectivity index (χ4n) is 4.13. The number of likely N-dealkylation sites (tertiary alicyclic amines) is 1. The molecule has 0 bridgehead atoms. The van der Waals surface area contributed by atoms with Crippen LogP contribution in [0, 0.1) is 11.8 Å². The number of amides is 3. The molecule has 1 unspecified atom stereocenters. The highest BCUT2D eigenvalue weighted by Gasteiger charge is 2.38. The molecule has 170 valence electrons. The van der Waals surface area contributed by atoms with Gasteiger partial charge in [-0.1, -0.05) is 6.07 Å². The van der Waals surface area contributed by atoms with Crippen molar-refractivity contribution in [1.29, 1.82) is 0 Å². The van der Waals surface area contributed by atoms with Crippen molar-refractivity contribution in [3.8, 4) is 5.75 Å². The van der Waals surface area contributed by atoms with Crippen LogP contribution in [0.1, 0.15) is 41.8 Å². The second-order valence-corrected chi connectivity index (χ2v) is 8.42. The summed E-state index contributed by atoms with van der Waals surface area (Å²) in [6.45, 7) is 1.46. The molecule has 1 aliphatic heterocycles. The van der Waals surface area contributed by atoms with Crippen LogP contribution in [-0.4, -0.2) is 48.9 Å². The second-order valence-electron chi connectivity index (χ2n) is 8.42. The molecule has 4 rings (SSSR count). The van der Waals surface area contributed by atoms with Gasteiger partial charge in [-0.25, -0.2) is 0 Å². The standard InChI is InChI=1S/C24H29N3O5/c1-31-19-5-2-4-18(14-19)22(28)26-21(23(29)25-15-20-6-3-13-32-20)16-9-11-27(12-10-16)24(30)17-7-8-17/h2-6,13-14,16-17,21H,7-12,15H2,1H3,(H,25,29)(H,26,28). The van der Waals surface area contributed by atoms with E-state index in [-0.39, 0.29) is 36.1 Å². The predicted molar refractivity (Wildman–Crippen MR) is 117 cm³/mol. The maximum Gasteiger partial charge on any atom is 0.252 e. The summed E-state index contributed by atoms with van der Waals surface area (Å²) in [6.07, 6.45) is 4.84. The lowest BCUT2D eigenvalue weighted by molar-refractivity contribution is -0.134. The van der Waals surface area contributed by atoms with Crippen LogP contribution in [0.4, 0.5) is 0 Å². The van der Waals surface area contributed by atoms with Gasteiger partial charge in [0.2, 0.25) is 11.8 Å². The number of ether oxygens (including phenoxy) is 1. The molecular weight excluding hydrogens is 410 g/mol. The van der Waals surface area contributed by atoms with Gasteiger partial charge in [-0.15, -0.1) is 0 Å². The Balaban J connectivity index is 1.43. The number of piperidine rings is 1. The van der Waals surface area contributed by atoms with Gasteiger partial charge in [0.05, 0.1) is 19.9 Å². The van der Waals surface area contributed by atoms with Crippen LogP contribution in [0.3, 0.4) is 0 Å². The fraction of sp³-hybridized carbons (Fsp3) is 0.458. The summed E-state index contributed by atoms with van der Waals surface area (Å²) < 4.78 is 10.5. The van der Waals surface area contributed by atoms with Gasteiger partial charge in [-0.05, 0) is 61.9 Å². The summed E-state index contributed by atoms with van der Waals surface area (Å²) in [4.78, 5) is 40.3. The lowest BCUT2D eigenvalue weighted by Gasteiger charge is -2.36. The molecule has 1 saturated heterocycles. The molecule has 1 atom stereocenters. The number of benzene rings is 1. The van der Waals surface area contributed by atoms with Crippen LogP contribution in [-0.2, 0) is 16.1 Å². The first-order valence-corrected chi connectivity index (χ1v) is 11.1. The zero-order valence-electron chi connectivity index (χ0n) is 18.2. The second kappa shape index (κ2) is 9.89. The van der Waals surface area contributed by atoms with Gasteiger partial charge >= 0.3 is 0 Å². The van der Waals surface area contributed by atoms with Crippen molar-refractivity contribution in [2.45, 2.75) is 38.3 Å². The minimum atomic E-state index is -0.707. The van der Waals surface area contributed by atoms with E-state index in [9.17, 15) is 14.4 Å². The molecular formula is C24H29N3O5. The Hall–Kier alpha value is -3.29. The summed E-state index contributed by atoms with van der Waals surface area (Å²) in [6, 6.07) is 9.67. The molecule has 0 spiro atoms. The molecule has 1 aromatic carbocycles. The Morgan fingerprint density at radius 3 is 2.56 bits per heavy atom. The number of nitrogens with one attached hydrogen (secondary N) is 2. The maximum absolute atomic E-state index is 13.1. The van der Waals surface area contributed by atoms with E-state index in [1.54, 1.807) is 49.8 Å². The highest BCUT2D eigenvalue weighted by atomic mass is 16.5. The Morgan fingerprint density at radius 2 is 1.91 bits per heavy atom. The first kappa shape index (κ1) is 21.9. The van der Waals surface area contributed by atoms with Gasteiger partial charge in [-0.3, -0.25) is 14.4 Å². The molecule has 3 amide bonds. The highest BCUT2D eigenvalue weighted by Crippen LogP contribution is 2.33. The van der Waals surface area contributed by atoms with Crippen LogP contribution >= 0.6 is 0 Å². The van der Waals surface area contributed by atoms with Crippen LogP contribution < -0.4 is 15.4 Å². The van der Waals surface area contributed by atoms with Gasteiger partial charge in [-0.2, -0.15) is 0 Å². The monoisotopic (exact) mass is 439 g/mol. The molecule has 2 aliphatic rings. The molecule has 1 aromatic heterocycles. The average Bonchev–Trinajstić information content (AvgIpc) is 3.55. The summed E-state index contributed by atoms with van der Waals surface area (Å²) in [5, 5.41) is 5.79. The minimum absolute atomic E-state index is 0.0654. The maximum atomic E-state index is 13.1. The lowest BCUT2D eigenvalue weighted by Crippen LogP contribution is -2.53. The Bertz CT molecular complexity index is 946. The molecule has 8 heteroatoms. The van der Waals surface area contributed by atoms with Crippen LogP contribution in [0.2, 0.25) is 0 Å². The number of carbonyl (C=O) groups excluding carboxylic acids is 3. The van der Waals surface area contributed by atoms with Crippen molar-refractivity contribution < 1.29 is 23.5 Å². The number of methoxy groups -OCH3 is 1. The van der Waals surface area contributed by atoms with E-state index in [1.807, 2.05) is 4.90 Å². The third kappa shape index (κ3) is 5.30. The van der Waals surface area contributed by atoms with Gasteiger partial charge < -0.3 is 24.7 Å². The SMILES string of the molecule is COc1cccc(C(=O)NC(C(=O)NCc2ccco2)C2CCN(C(=O)C3CC3)CC2)c1. The summed E-state index contributed by atoms with van der Waals surface area (Å²) in [7, 11) is 1.54. The van der Waals surface area contributed by atoms with Crippen molar-refractivity contribution in [3.05, 3.63) is 54.0 Å². The Kier molecular flexibility index (Phi) is 6.78. The van der Waals surface area contributed by atoms with Crippen molar-refractivity contribution in [2.75, 3.05) is 20.2 Å². The van der Waals surface area contributed by atoms with Crippen molar-refractivity contribution >= 4 is 17.7 Å². The third-order valence-electron chi connectivity index (χ3n) is 6.17. The normalized spacial score (nSPS) is 17.5. The van der Waals surface area contributed by atoms with E-state index < -0.39 is 6.04 Å². The van der Waals surface area contributed by atoms with Crippen LogP contribution in [0.25, 0.3) is 0 Å². The number of nitrogens with zero attached hydrogens (tertiary/aromatic N) is 1. The molecule has 32 heavy (non-hydrogen) atoms. The molecule has 2 heterocycles. The van der Waals surface area contributed by atoms with E-state index in [0.29, 0.717) is 43.0 Å². The number of hydrogen-bond acceptors (Lipinski definition) is 5. The predicted octanol–water partition coefficient (Wildman–Crippen LogP) is 2.35. The van der Waals surface area contributed by atoms with Crippen molar-refractivity contribution in [2.24, 2.45) is 11.8 Å². The molecule has 2 fully saturated rings. The van der Waals surface area contributed by atoms with Crippen molar-refractivity contribution in [3.63, 3.8) is 0 Å². The summed E-state index contributed by atoms with van der Waals surface area (Å²) in [5.41, 5.74) is 0.425. The van der Waals surface area contributed by atoms with E-state index in [4.69, 9.17) is 9.15 Å². The van der Waals surface area contributed by atoms with E-state index in [2.05, 4.69) is 10.6 Å². The molecule has 1 aliphatic carbocycles. The highest BCUT2D eigenvalue weighted by molar-refractivity contribution is 5.98. The van der Waals surface area contributed by atoms with E-state index >= 15 is 0 Å². The zero-order chi connectivity index (χ0) is 22.5. The van der Waals surface area contributed by atoms with Gasteiger partial charge in [0.1, 0.15) is 17.6 Å². The number of hydrogen-bond donors (Lipinski definition) is 2. The van der Waals surface area contributed by atoms with Crippen molar-refractivity contribution in [1.82, 2.24) is 15.5 Å². The van der Waals surface area contributed by atoms with E-state index in [0.717, 1.165) is 12.8 Å². The third-order valence-corrected chi connectivity index (χ3v) is 6.17. The molecule has 1 saturated carbocycles. The van der Waals surface area contributed by atoms with Gasteiger partial charge in [0.15, 0.2) is 0 Å². The average molecular weight is 440 g/mol. The summed E-state index contributed by atoms with van der Waals surface area (Å²) >= 11 is 0. The molecule has 8 nitrogen and oxygen atoms in total. The smallest absolute Gasteiger partial charge is 0.252 e. The quantitative estimate of drug-likeness (QED) is 0.658. The Labute approximate surface area is 187 Å². The first-order valence-electron chi connectivity index (χ1n) is 11.1. The van der Waals surface area contributed by atoms with Gasteiger partial charge in [0, 0.05) is 24.6 Å². The topological polar surface area (TPSA) is 101 Å². The Morgan fingerprint density at radius 1 is 1.12 bits per heavy atom. The minimum Gasteiger partial charge on any atom is -0.497 e.